The van der Waals surface area contributed by atoms with E-state index in [-0.39, 0.29) is 11.8 Å². The molecule has 160 valence electrons. The van der Waals surface area contributed by atoms with Gasteiger partial charge in [-0.05, 0) is 39.0 Å². The van der Waals surface area contributed by atoms with Crippen molar-refractivity contribution < 1.29 is 28.9 Å². The first-order valence-electron chi connectivity index (χ1n) is 9.97. The highest BCUT2D eigenvalue weighted by Crippen LogP contribution is 2.30. The maximum Gasteiger partial charge on any atom is 0.252 e. The van der Waals surface area contributed by atoms with Crippen LogP contribution >= 0.6 is 0 Å². The van der Waals surface area contributed by atoms with Crippen LogP contribution < -0.4 is 10.6 Å². The fraction of sp³-hybridized carbons (Fsp3) is 0.800. The molecule has 0 aromatic heterocycles. The largest absolute Gasteiger partial charge is 0.387 e. The summed E-state index contributed by atoms with van der Waals surface area (Å²) >= 11 is 0. The molecule has 0 spiro atoms. The predicted molar refractivity (Wildman–Crippen MR) is 103 cm³/mol. The molecule has 3 N–H and O–H groups in total. The Labute approximate surface area is 167 Å². The van der Waals surface area contributed by atoms with Gasteiger partial charge in [-0.25, -0.2) is 0 Å². The van der Waals surface area contributed by atoms with Gasteiger partial charge in [0.25, 0.3) is 5.91 Å². The van der Waals surface area contributed by atoms with E-state index in [1.807, 2.05) is 19.9 Å². The van der Waals surface area contributed by atoms with E-state index < -0.39 is 42.2 Å². The normalized spacial score (nSPS) is 32.0. The monoisotopic (exact) mass is 398 g/mol. The molecular weight excluding hydrogens is 364 g/mol. The van der Waals surface area contributed by atoms with Crippen LogP contribution in [0.5, 0.6) is 0 Å². The first-order valence-corrected chi connectivity index (χ1v) is 9.97. The molecule has 0 aliphatic carbocycles. The summed E-state index contributed by atoms with van der Waals surface area (Å²) in [6, 6.07) is -0.616. The number of rotatable bonds is 6. The summed E-state index contributed by atoms with van der Waals surface area (Å²) in [4.78, 5) is 25.0. The standard InChI is InChI=1S/C20H34N2O6/c1-12(2)9-10-14-15(23)16(28-20(3,4)27-14)17(26-5)19(25)22-13-8-6-7-11-21-18(13)24/h9-10,12-17,23H,6-8,11H2,1-5H3,(H,21,24)(H,22,25)/b10-9+/t13-,14+,15-,16+,17+/m0/s1. The highest BCUT2D eigenvalue weighted by Gasteiger charge is 2.47. The van der Waals surface area contributed by atoms with Gasteiger partial charge in [0.2, 0.25) is 5.91 Å². The lowest BCUT2D eigenvalue weighted by molar-refractivity contribution is -0.334. The second kappa shape index (κ2) is 9.82. The highest BCUT2D eigenvalue weighted by molar-refractivity contribution is 5.89. The maximum absolute atomic E-state index is 12.9. The molecule has 2 heterocycles. The van der Waals surface area contributed by atoms with Crippen molar-refractivity contribution in [2.45, 2.75) is 83.2 Å². The molecule has 0 aromatic rings. The lowest BCUT2D eigenvalue weighted by atomic mass is 9.97. The number of aliphatic hydroxyl groups is 1. The van der Waals surface area contributed by atoms with Crippen LogP contribution in [-0.4, -0.2) is 66.8 Å². The summed E-state index contributed by atoms with van der Waals surface area (Å²) in [5.74, 6) is -1.41. The Kier molecular flexibility index (Phi) is 8.00. The smallest absolute Gasteiger partial charge is 0.252 e. The molecule has 2 amide bonds. The summed E-state index contributed by atoms with van der Waals surface area (Å²) in [7, 11) is 1.38. The lowest BCUT2D eigenvalue weighted by Gasteiger charge is -2.45. The molecule has 2 aliphatic rings. The minimum atomic E-state index is -1.10. The number of methoxy groups -OCH3 is 1. The number of allylic oxidation sites excluding steroid dienone is 1. The van der Waals surface area contributed by atoms with Crippen LogP contribution in [0.25, 0.3) is 0 Å². The molecule has 2 aliphatic heterocycles. The number of carbonyl (C=O) groups is 2. The third kappa shape index (κ3) is 6.01. The zero-order chi connectivity index (χ0) is 20.9. The Morgan fingerprint density at radius 1 is 1.36 bits per heavy atom. The lowest BCUT2D eigenvalue weighted by Crippen LogP contribution is -2.62. The van der Waals surface area contributed by atoms with Crippen LogP contribution in [0.15, 0.2) is 12.2 Å². The van der Waals surface area contributed by atoms with E-state index >= 15 is 0 Å². The van der Waals surface area contributed by atoms with Gasteiger partial charge >= 0.3 is 0 Å². The van der Waals surface area contributed by atoms with Gasteiger partial charge in [0.1, 0.15) is 24.4 Å². The summed E-state index contributed by atoms with van der Waals surface area (Å²) in [6.07, 6.45) is 2.26. The first-order chi connectivity index (χ1) is 13.1. The van der Waals surface area contributed by atoms with E-state index in [2.05, 4.69) is 10.6 Å². The van der Waals surface area contributed by atoms with E-state index in [0.717, 1.165) is 12.8 Å². The molecule has 8 heteroatoms. The predicted octanol–water partition coefficient (Wildman–Crippen LogP) is 0.880. The number of hydrogen-bond donors (Lipinski definition) is 3. The minimum Gasteiger partial charge on any atom is -0.387 e. The molecule has 28 heavy (non-hydrogen) atoms. The van der Waals surface area contributed by atoms with Crippen molar-refractivity contribution in [2.75, 3.05) is 13.7 Å². The van der Waals surface area contributed by atoms with Crippen LogP contribution in [0.1, 0.15) is 47.0 Å². The molecule has 0 bridgehead atoms. The molecule has 2 rings (SSSR count). The van der Waals surface area contributed by atoms with Gasteiger partial charge in [-0.15, -0.1) is 0 Å². The average Bonchev–Trinajstić information content (AvgIpc) is 2.81. The van der Waals surface area contributed by atoms with Crippen molar-refractivity contribution in [1.29, 1.82) is 0 Å². The SMILES string of the molecule is CO[C@@H](C(=O)N[C@H]1CCCCNC1=O)[C@@H]1OC(C)(C)O[C@H](/C=C/C(C)C)[C@@H]1O. The number of hydrogen-bond acceptors (Lipinski definition) is 6. The van der Waals surface area contributed by atoms with Gasteiger partial charge in [-0.3, -0.25) is 9.59 Å². The van der Waals surface area contributed by atoms with Gasteiger partial charge in [0.05, 0.1) is 0 Å². The fourth-order valence-electron chi connectivity index (χ4n) is 3.46. The summed E-state index contributed by atoms with van der Waals surface area (Å²) in [6.45, 7) is 8.11. The minimum absolute atomic E-state index is 0.202. The van der Waals surface area contributed by atoms with E-state index in [1.165, 1.54) is 7.11 Å². The maximum atomic E-state index is 12.9. The number of carbonyl (C=O) groups excluding carboxylic acids is 2. The Balaban J connectivity index is 2.15. The van der Waals surface area contributed by atoms with E-state index in [9.17, 15) is 14.7 Å². The van der Waals surface area contributed by atoms with Crippen molar-refractivity contribution in [3.63, 3.8) is 0 Å². The topological polar surface area (TPSA) is 106 Å². The number of aliphatic hydroxyl groups excluding tert-OH is 1. The summed E-state index contributed by atoms with van der Waals surface area (Å²) in [5, 5.41) is 16.3. The molecule has 8 nitrogen and oxygen atoms in total. The van der Waals surface area contributed by atoms with E-state index in [1.54, 1.807) is 19.9 Å². The molecule has 0 radical (unpaired) electrons. The molecule has 0 saturated carbocycles. The molecule has 2 saturated heterocycles. The van der Waals surface area contributed by atoms with Crippen molar-refractivity contribution in [3.05, 3.63) is 12.2 Å². The van der Waals surface area contributed by atoms with Crippen molar-refractivity contribution >= 4 is 11.8 Å². The van der Waals surface area contributed by atoms with E-state index in [4.69, 9.17) is 14.2 Å². The van der Waals surface area contributed by atoms with Crippen molar-refractivity contribution in [2.24, 2.45) is 5.92 Å². The van der Waals surface area contributed by atoms with Gasteiger partial charge < -0.3 is 30.0 Å². The van der Waals surface area contributed by atoms with E-state index in [0.29, 0.717) is 13.0 Å². The highest BCUT2D eigenvalue weighted by atomic mass is 16.7. The van der Waals surface area contributed by atoms with Gasteiger partial charge in [0.15, 0.2) is 11.9 Å². The third-order valence-electron chi connectivity index (χ3n) is 4.86. The van der Waals surface area contributed by atoms with Crippen LogP contribution in [0.2, 0.25) is 0 Å². The zero-order valence-electron chi connectivity index (χ0n) is 17.4. The molecule has 2 fully saturated rings. The second-order valence-corrected chi connectivity index (χ2v) is 8.19. The summed E-state index contributed by atoms with van der Waals surface area (Å²) < 4.78 is 17.0. The number of ether oxygens (including phenoxy) is 3. The Hall–Kier alpha value is -1.48. The fourth-order valence-corrected chi connectivity index (χ4v) is 3.46. The van der Waals surface area contributed by atoms with Crippen molar-refractivity contribution in [3.8, 4) is 0 Å². The Morgan fingerprint density at radius 2 is 2.07 bits per heavy atom. The Bertz CT molecular complexity index is 577. The third-order valence-corrected chi connectivity index (χ3v) is 4.86. The Morgan fingerprint density at radius 3 is 2.71 bits per heavy atom. The molecule has 0 unspecified atom stereocenters. The molecule has 5 atom stereocenters. The van der Waals surface area contributed by atoms with Crippen LogP contribution in [0, 0.1) is 5.92 Å². The van der Waals surface area contributed by atoms with Crippen molar-refractivity contribution in [1.82, 2.24) is 10.6 Å². The second-order valence-electron chi connectivity index (χ2n) is 8.19. The first kappa shape index (κ1) is 22.8. The molecule has 0 aromatic carbocycles. The average molecular weight is 399 g/mol. The number of nitrogens with one attached hydrogen (secondary N) is 2. The van der Waals surface area contributed by atoms with Gasteiger partial charge in [-0.1, -0.05) is 26.0 Å². The zero-order valence-corrected chi connectivity index (χ0v) is 17.4. The van der Waals surface area contributed by atoms with Crippen LogP contribution in [-0.2, 0) is 23.8 Å². The van der Waals surface area contributed by atoms with Gasteiger partial charge in [0, 0.05) is 13.7 Å². The van der Waals surface area contributed by atoms with Gasteiger partial charge in [-0.2, -0.15) is 0 Å². The number of amides is 2. The quantitative estimate of drug-likeness (QED) is 0.574. The molecular formula is C20H34N2O6. The van der Waals surface area contributed by atoms with Crippen LogP contribution in [0.3, 0.4) is 0 Å². The van der Waals surface area contributed by atoms with Crippen LogP contribution in [0.4, 0.5) is 0 Å². The summed E-state index contributed by atoms with van der Waals surface area (Å²) in [5.41, 5.74) is 0.